The Labute approximate surface area is 176 Å². The molecule has 8 nitrogen and oxygen atoms in total. The van der Waals surface area contributed by atoms with Gasteiger partial charge in [-0.1, -0.05) is 13.8 Å². The summed E-state index contributed by atoms with van der Waals surface area (Å²) >= 11 is 0. The lowest BCUT2D eigenvalue weighted by molar-refractivity contribution is -0.123. The first-order valence-electron chi connectivity index (χ1n) is 9.99. The van der Waals surface area contributed by atoms with Crippen molar-refractivity contribution in [2.45, 2.75) is 27.2 Å². The summed E-state index contributed by atoms with van der Waals surface area (Å²) in [5.74, 6) is 1.97. The number of nitrogen functional groups attached to an aromatic ring is 1. The number of hydrogen-bond donors (Lipinski definition) is 4. The fraction of sp³-hybridized carbons (Fsp3) is 0.318. The van der Waals surface area contributed by atoms with Gasteiger partial charge in [-0.05, 0) is 61.4 Å². The molecule has 0 radical (unpaired) electrons. The molecule has 2 aromatic carbocycles. The third kappa shape index (κ3) is 5.73. The molecule has 0 saturated carbocycles. The smallest absolute Gasteiger partial charge is 0.246 e. The normalized spacial score (nSPS) is 10.8. The van der Waals surface area contributed by atoms with E-state index in [0.29, 0.717) is 24.9 Å². The summed E-state index contributed by atoms with van der Waals surface area (Å²) in [4.78, 5) is 16.0. The van der Waals surface area contributed by atoms with Crippen LogP contribution in [0.15, 0.2) is 42.5 Å². The number of benzene rings is 2. The van der Waals surface area contributed by atoms with E-state index < -0.39 is 0 Å². The molecule has 0 aliphatic heterocycles. The monoisotopic (exact) mass is 408 g/mol. The summed E-state index contributed by atoms with van der Waals surface area (Å²) in [5, 5.41) is 13.2. The molecule has 0 atom stereocenters. The lowest BCUT2D eigenvalue weighted by Gasteiger charge is -2.09. The molecule has 0 bridgehead atoms. The van der Waals surface area contributed by atoms with Crippen LogP contribution in [-0.4, -0.2) is 34.2 Å². The maximum Gasteiger partial charge on any atom is 0.246 e. The van der Waals surface area contributed by atoms with Gasteiger partial charge in [0.2, 0.25) is 11.9 Å². The van der Waals surface area contributed by atoms with Gasteiger partial charge in [0.25, 0.3) is 0 Å². The Morgan fingerprint density at radius 3 is 2.67 bits per heavy atom. The highest BCUT2D eigenvalue weighted by Crippen LogP contribution is 2.23. The van der Waals surface area contributed by atoms with E-state index in [2.05, 4.69) is 25.8 Å². The van der Waals surface area contributed by atoms with Crippen molar-refractivity contribution in [3.05, 3.63) is 48.0 Å². The van der Waals surface area contributed by atoms with Crippen molar-refractivity contribution in [1.82, 2.24) is 20.5 Å². The number of hydrogen-bond acceptors (Lipinski definition) is 6. The minimum atomic E-state index is 0.000811. The Bertz CT molecular complexity index is 982. The number of ether oxygens (including phenoxy) is 1. The second-order valence-corrected chi connectivity index (χ2v) is 7.38. The van der Waals surface area contributed by atoms with Crippen LogP contribution in [0.2, 0.25) is 0 Å². The average molecular weight is 409 g/mol. The summed E-state index contributed by atoms with van der Waals surface area (Å²) in [6, 6.07) is 13.3. The summed E-state index contributed by atoms with van der Waals surface area (Å²) in [5.41, 5.74) is 9.37. The fourth-order valence-electron chi connectivity index (χ4n) is 2.72. The molecular weight excluding hydrogens is 380 g/mol. The molecule has 1 aromatic heterocycles. The average Bonchev–Trinajstić information content (AvgIpc) is 3.19. The highest BCUT2D eigenvalue weighted by atomic mass is 16.5. The van der Waals surface area contributed by atoms with E-state index in [0.717, 1.165) is 34.7 Å². The second-order valence-electron chi connectivity index (χ2n) is 7.38. The quantitative estimate of drug-likeness (QED) is 0.317. The highest BCUT2D eigenvalue weighted by Gasteiger charge is 2.08. The predicted octanol–water partition coefficient (Wildman–Crippen LogP) is 3.65. The highest BCUT2D eigenvalue weighted by molar-refractivity contribution is 5.77. The SMILES string of the molecule is Cc1cc(Nc2n[nH]c(-c3ccc(OCCCNC(=O)C(C)C)cc3)n2)ccc1N. The molecule has 0 aliphatic rings. The van der Waals surface area contributed by atoms with Crippen LogP contribution >= 0.6 is 0 Å². The number of nitrogens with one attached hydrogen (secondary N) is 3. The van der Waals surface area contributed by atoms with Gasteiger partial charge in [0.15, 0.2) is 5.82 Å². The van der Waals surface area contributed by atoms with Crippen LogP contribution in [0.5, 0.6) is 5.75 Å². The first kappa shape index (κ1) is 21.2. The number of amides is 1. The maximum absolute atomic E-state index is 11.5. The molecule has 1 amide bonds. The zero-order valence-corrected chi connectivity index (χ0v) is 17.5. The lowest BCUT2D eigenvalue weighted by atomic mass is 10.2. The van der Waals surface area contributed by atoms with Crippen LogP contribution in [0, 0.1) is 12.8 Å². The molecule has 30 heavy (non-hydrogen) atoms. The lowest BCUT2D eigenvalue weighted by Crippen LogP contribution is -2.29. The van der Waals surface area contributed by atoms with E-state index in [-0.39, 0.29) is 11.8 Å². The number of aromatic nitrogens is 3. The summed E-state index contributed by atoms with van der Waals surface area (Å²) in [6.45, 7) is 6.85. The fourth-order valence-corrected chi connectivity index (χ4v) is 2.72. The molecule has 158 valence electrons. The van der Waals surface area contributed by atoms with Gasteiger partial charge in [0.05, 0.1) is 6.61 Å². The van der Waals surface area contributed by atoms with E-state index in [1.54, 1.807) is 0 Å². The van der Waals surface area contributed by atoms with Crippen molar-refractivity contribution in [1.29, 1.82) is 0 Å². The molecule has 0 saturated heterocycles. The van der Waals surface area contributed by atoms with Gasteiger partial charge in [-0.15, -0.1) is 5.10 Å². The zero-order valence-electron chi connectivity index (χ0n) is 17.5. The predicted molar refractivity (Wildman–Crippen MR) is 119 cm³/mol. The minimum Gasteiger partial charge on any atom is -0.494 e. The third-order valence-corrected chi connectivity index (χ3v) is 4.55. The largest absolute Gasteiger partial charge is 0.494 e. The zero-order chi connectivity index (χ0) is 21.5. The topological polar surface area (TPSA) is 118 Å². The van der Waals surface area contributed by atoms with Crippen molar-refractivity contribution >= 4 is 23.2 Å². The summed E-state index contributed by atoms with van der Waals surface area (Å²) < 4.78 is 5.72. The van der Waals surface area contributed by atoms with Crippen LogP contribution in [0.1, 0.15) is 25.8 Å². The van der Waals surface area contributed by atoms with E-state index in [1.807, 2.05) is 63.2 Å². The number of H-pyrrole nitrogens is 1. The first-order chi connectivity index (χ1) is 14.4. The maximum atomic E-state index is 11.5. The summed E-state index contributed by atoms with van der Waals surface area (Å²) in [7, 11) is 0. The number of nitrogens with zero attached hydrogens (tertiary/aromatic N) is 2. The van der Waals surface area contributed by atoms with Crippen LogP contribution in [0.4, 0.5) is 17.3 Å². The van der Waals surface area contributed by atoms with Gasteiger partial charge in [0.1, 0.15) is 5.75 Å². The molecule has 8 heteroatoms. The van der Waals surface area contributed by atoms with Gasteiger partial charge < -0.3 is 21.1 Å². The van der Waals surface area contributed by atoms with E-state index in [1.165, 1.54) is 0 Å². The number of carbonyl (C=O) groups is 1. The van der Waals surface area contributed by atoms with E-state index >= 15 is 0 Å². The molecule has 5 N–H and O–H groups in total. The van der Waals surface area contributed by atoms with Crippen LogP contribution in [0.3, 0.4) is 0 Å². The molecular formula is C22H28N6O2. The Morgan fingerprint density at radius 2 is 1.97 bits per heavy atom. The van der Waals surface area contributed by atoms with Gasteiger partial charge in [-0.3, -0.25) is 9.89 Å². The van der Waals surface area contributed by atoms with E-state index in [4.69, 9.17) is 10.5 Å². The summed E-state index contributed by atoms with van der Waals surface area (Å²) in [6.07, 6.45) is 0.752. The van der Waals surface area contributed by atoms with Crippen molar-refractivity contribution in [2.75, 3.05) is 24.2 Å². The Morgan fingerprint density at radius 1 is 1.20 bits per heavy atom. The number of aryl methyl sites for hydroxylation is 1. The van der Waals surface area contributed by atoms with Gasteiger partial charge in [0, 0.05) is 29.4 Å². The molecule has 3 rings (SSSR count). The van der Waals surface area contributed by atoms with Crippen molar-refractivity contribution in [2.24, 2.45) is 5.92 Å². The van der Waals surface area contributed by atoms with Gasteiger partial charge >= 0.3 is 0 Å². The molecule has 3 aromatic rings. The Hall–Kier alpha value is -3.55. The number of carbonyl (C=O) groups excluding carboxylic acids is 1. The number of rotatable bonds is 9. The number of aromatic amines is 1. The minimum absolute atomic E-state index is 0.000811. The van der Waals surface area contributed by atoms with Crippen molar-refractivity contribution < 1.29 is 9.53 Å². The van der Waals surface area contributed by atoms with Gasteiger partial charge in [-0.25, -0.2) is 0 Å². The van der Waals surface area contributed by atoms with Crippen molar-refractivity contribution in [3.63, 3.8) is 0 Å². The second kappa shape index (κ2) is 9.78. The molecule has 0 unspecified atom stereocenters. The first-order valence-corrected chi connectivity index (χ1v) is 9.99. The third-order valence-electron chi connectivity index (χ3n) is 4.55. The van der Waals surface area contributed by atoms with Crippen molar-refractivity contribution in [3.8, 4) is 17.1 Å². The molecule has 0 fully saturated rings. The standard InChI is InChI=1S/C22H28N6O2/c1-14(2)21(29)24-11-4-12-30-18-8-5-16(6-9-18)20-26-22(28-27-20)25-17-7-10-19(23)15(3)13-17/h5-10,13-14H,4,11-12,23H2,1-3H3,(H,24,29)(H2,25,26,27,28). The Balaban J connectivity index is 1.50. The van der Waals surface area contributed by atoms with Crippen LogP contribution in [-0.2, 0) is 4.79 Å². The number of nitrogens with two attached hydrogens (primary N) is 1. The number of anilines is 3. The molecule has 0 spiro atoms. The Kier molecular flexibility index (Phi) is 6.90. The molecule has 0 aliphatic carbocycles. The van der Waals surface area contributed by atoms with Crippen LogP contribution in [0.25, 0.3) is 11.4 Å². The van der Waals surface area contributed by atoms with Gasteiger partial charge in [-0.2, -0.15) is 4.98 Å². The van der Waals surface area contributed by atoms with Crippen LogP contribution < -0.4 is 21.1 Å². The van der Waals surface area contributed by atoms with E-state index in [9.17, 15) is 4.79 Å². The molecule has 1 heterocycles.